The molecule has 4 bridgehead atoms. The number of phenolic OH excluding ortho intramolecular Hbond substituents is 1. The average Bonchev–Trinajstić information content (AvgIpc) is 3.29. The SMILES string of the molecule is COC(=O)[C@H]1Cc2ccc(cc2)Oc2cc(cc(O)c2OC)[C@H](NC(=O)[C@@H](NC(=O)[C@@H](Cc2ccc(Cl)cc2)NC(=O)OC(C)(C)C)c2ccccc2)C(=O)N[C@H](c2ccccc2)C(=O)N1. The molecule has 2 aliphatic rings. The van der Waals surface area contributed by atoms with Gasteiger partial charge in [0.15, 0.2) is 11.5 Å². The molecule has 0 radical (unpaired) electrons. The average molecular weight is 920 g/mol. The lowest BCUT2D eigenvalue weighted by atomic mass is 9.99. The number of alkyl carbamates (subject to hydrolysis) is 1. The molecule has 7 rings (SSSR count). The van der Waals surface area contributed by atoms with E-state index in [4.69, 9.17) is 30.5 Å². The van der Waals surface area contributed by atoms with Gasteiger partial charge in [0.1, 0.15) is 41.6 Å². The van der Waals surface area contributed by atoms with Crippen LogP contribution in [-0.4, -0.2) is 72.7 Å². The van der Waals surface area contributed by atoms with Crippen molar-refractivity contribution in [2.75, 3.05) is 14.2 Å². The molecule has 0 saturated carbocycles. The summed E-state index contributed by atoms with van der Waals surface area (Å²) in [5.74, 6) is -4.49. The van der Waals surface area contributed by atoms with Gasteiger partial charge in [0, 0.05) is 17.9 Å². The van der Waals surface area contributed by atoms with E-state index in [0.29, 0.717) is 27.3 Å². The van der Waals surface area contributed by atoms with Crippen molar-refractivity contribution in [3.8, 4) is 23.0 Å². The van der Waals surface area contributed by atoms with Crippen molar-refractivity contribution in [1.29, 1.82) is 0 Å². The molecule has 2 heterocycles. The van der Waals surface area contributed by atoms with Crippen LogP contribution in [0.4, 0.5) is 4.79 Å². The van der Waals surface area contributed by atoms with Crippen molar-refractivity contribution in [3.05, 3.63) is 154 Å². The van der Waals surface area contributed by atoms with Crippen LogP contribution >= 0.6 is 11.6 Å². The van der Waals surface area contributed by atoms with Crippen molar-refractivity contribution in [3.63, 3.8) is 0 Å². The summed E-state index contributed by atoms with van der Waals surface area (Å²) in [6, 6.07) is 25.0. The van der Waals surface area contributed by atoms with Crippen LogP contribution in [0.25, 0.3) is 0 Å². The third kappa shape index (κ3) is 12.6. The number of ether oxygens (including phenoxy) is 4. The zero-order chi connectivity index (χ0) is 47.5. The molecule has 5 atom stereocenters. The van der Waals surface area contributed by atoms with Crippen LogP contribution in [0.5, 0.6) is 23.0 Å². The quantitative estimate of drug-likeness (QED) is 0.0836. The number of hydrogen-bond acceptors (Lipinski definition) is 11. The van der Waals surface area contributed by atoms with Gasteiger partial charge in [-0.05, 0) is 85.0 Å². The summed E-state index contributed by atoms with van der Waals surface area (Å²) < 4.78 is 22.2. The number of halogens is 1. The Labute approximate surface area is 386 Å². The number of fused-ring (bicyclic) bond motifs is 9. The molecule has 0 unspecified atom stereocenters. The summed E-state index contributed by atoms with van der Waals surface area (Å²) in [5.41, 5.74) is 0.943. The van der Waals surface area contributed by atoms with Crippen molar-refractivity contribution < 1.29 is 52.8 Å². The molecule has 5 aromatic carbocycles. The molecule has 0 fully saturated rings. The molecule has 0 aliphatic carbocycles. The lowest BCUT2D eigenvalue weighted by Gasteiger charge is -2.28. The smallest absolute Gasteiger partial charge is 0.408 e. The number of methoxy groups -OCH3 is 2. The zero-order valence-electron chi connectivity index (χ0n) is 36.8. The van der Waals surface area contributed by atoms with Gasteiger partial charge in [-0.1, -0.05) is 96.5 Å². The number of carbonyl (C=O) groups excluding carboxylic acids is 6. The van der Waals surface area contributed by atoms with Gasteiger partial charge in [0.2, 0.25) is 29.4 Å². The van der Waals surface area contributed by atoms with Crippen LogP contribution in [0, 0.1) is 0 Å². The number of benzene rings is 5. The molecular weight excluding hydrogens is 870 g/mol. The lowest BCUT2D eigenvalue weighted by molar-refractivity contribution is -0.145. The maximum absolute atomic E-state index is 14.9. The monoisotopic (exact) mass is 919 g/mol. The molecule has 0 aromatic heterocycles. The van der Waals surface area contributed by atoms with E-state index >= 15 is 0 Å². The van der Waals surface area contributed by atoms with E-state index in [-0.39, 0.29) is 35.7 Å². The summed E-state index contributed by atoms with van der Waals surface area (Å²) in [7, 11) is 2.50. The van der Waals surface area contributed by atoms with E-state index in [1.807, 2.05) is 0 Å². The minimum Gasteiger partial charge on any atom is -0.504 e. The van der Waals surface area contributed by atoms with Crippen LogP contribution in [0.3, 0.4) is 0 Å². The van der Waals surface area contributed by atoms with Crippen LogP contribution in [0.15, 0.2) is 121 Å². The van der Waals surface area contributed by atoms with Gasteiger partial charge in [0.05, 0.1) is 14.2 Å². The maximum atomic E-state index is 14.9. The fourth-order valence-electron chi connectivity index (χ4n) is 7.10. The van der Waals surface area contributed by atoms with Crippen LogP contribution in [-0.2, 0) is 46.3 Å². The Kier molecular flexibility index (Phi) is 15.5. The van der Waals surface area contributed by atoms with Crippen LogP contribution in [0.1, 0.15) is 66.7 Å². The normalized spacial score (nSPS) is 17.1. The highest BCUT2D eigenvalue weighted by molar-refractivity contribution is 6.30. The van der Waals surface area contributed by atoms with Gasteiger partial charge in [-0.25, -0.2) is 9.59 Å². The lowest BCUT2D eigenvalue weighted by Crippen LogP contribution is -2.53. The molecular formula is C49H50ClN5O11. The second-order valence-corrected chi connectivity index (χ2v) is 16.7. The first kappa shape index (κ1) is 47.9. The van der Waals surface area contributed by atoms with Crippen LogP contribution < -0.4 is 36.1 Å². The zero-order valence-corrected chi connectivity index (χ0v) is 37.5. The van der Waals surface area contributed by atoms with Crippen LogP contribution in [0.2, 0.25) is 5.02 Å². The molecule has 5 aromatic rings. The summed E-state index contributed by atoms with van der Waals surface area (Å²) in [6.07, 6.45) is -0.914. The first-order valence-corrected chi connectivity index (χ1v) is 21.2. The third-order valence-electron chi connectivity index (χ3n) is 10.3. The molecule has 0 spiro atoms. The van der Waals surface area contributed by atoms with Crippen molar-refractivity contribution in [1.82, 2.24) is 26.6 Å². The largest absolute Gasteiger partial charge is 0.504 e. The van der Waals surface area contributed by atoms with Crippen molar-refractivity contribution >= 4 is 47.3 Å². The van der Waals surface area contributed by atoms with Gasteiger partial charge in [0.25, 0.3) is 0 Å². The summed E-state index contributed by atoms with van der Waals surface area (Å²) in [5, 5.41) is 25.3. The summed E-state index contributed by atoms with van der Waals surface area (Å²) in [4.78, 5) is 84.5. The van der Waals surface area contributed by atoms with Gasteiger partial charge in [-0.3, -0.25) is 19.2 Å². The van der Waals surface area contributed by atoms with Crippen molar-refractivity contribution in [2.24, 2.45) is 0 Å². The highest BCUT2D eigenvalue weighted by Gasteiger charge is 2.36. The molecule has 344 valence electrons. The highest BCUT2D eigenvalue weighted by atomic mass is 35.5. The maximum Gasteiger partial charge on any atom is 0.408 e. The number of amides is 5. The molecule has 16 nitrogen and oxygen atoms in total. The first-order valence-electron chi connectivity index (χ1n) is 20.8. The molecule has 17 heteroatoms. The van der Waals surface area contributed by atoms with E-state index in [1.165, 1.54) is 26.4 Å². The number of rotatable bonds is 11. The highest BCUT2D eigenvalue weighted by Crippen LogP contribution is 2.42. The fraction of sp³-hybridized carbons (Fsp3) is 0.265. The van der Waals surface area contributed by atoms with E-state index in [0.717, 1.165) is 0 Å². The second-order valence-electron chi connectivity index (χ2n) is 16.3. The Morgan fingerprint density at radius 1 is 0.803 bits per heavy atom. The Bertz CT molecular complexity index is 2540. The number of nitrogens with one attached hydrogen (secondary N) is 5. The number of aromatic hydroxyl groups is 1. The molecule has 2 aliphatic heterocycles. The first-order chi connectivity index (χ1) is 31.5. The molecule has 5 amide bonds. The van der Waals surface area contributed by atoms with Gasteiger partial charge >= 0.3 is 12.1 Å². The Morgan fingerprint density at radius 3 is 2.08 bits per heavy atom. The predicted molar refractivity (Wildman–Crippen MR) is 243 cm³/mol. The molecule has 66 heavy (non-hydrogen) atoms. The van der Waals surface area contributed by atoms with E-state index in [9.17, 15) is 33.9 Å². The minimum absolute atomic E-state index is 0.00682. The number of hydrogen-bond donors (Lipinski definition) is 6. The van der Waals surface area contributed by atoms with E-state index in [1.54, 1.807) is 130 Å². The number of esters is 1. The Morgan fingerprint density at radius 2 is 1.45 bits per heavy atom. The van der Waals surface area contributed by atoms with E-state index in [2.05, 4.69) is 26.6 Å². The number of carbonyl (C=O) groups is 6. The summed E-state index contributed by atoms with van der Waals surface area (Å²) in [6.45, 7) is 5.01. The fourth-order valence-corrected chi connectivity index (χ4v) is 7.23. The minimum atomic E-state index is -1.71. The van der Waals surface area contributed by atoms with Gasteiger partial charge in [-0.15, -0.1) is 0 Å². The standard InChI is InChI=1S/C49H50ClN5O11/c1-49(2,3)66-48(62)52-35(24-28-16-20-33(50)21-17-28)43(57)53-40(31-14-10-7-11-15-31)45(59)55-41-32-26-37(56)42(63-4)38(27-32)65-34-22-18-29(19-23-34)25-36(47(61)64-5)51-44(58)39(54-46(41)60)30-12-8-6-9-13-30/h6-23,26-27,35-36,39-41,56H,24-25H2,1-5H3,(H,51,58)(H,52,62)(H,53,57)(H,54,60)(H,55,59)/t35-,36-,39-,40+,41+/m1/s1. The molecule has 0 saturated heterocycles. The van der Waals surface area contributed by atoms with Gasteiger partial charge in [-0.2, -0.15) is 0 Å². The Hall–Kier alpha value is -7.59. The van der Waals surface area contributed by atoms with Crippen molar-refractivity contribution in [2.45, 2.75) is 69.4 Å². The third-order valence-corrected chi connectivity index (χ3v) is 10.5. The number of phenols is 1. The van der Waals surface area contributed by atoms with Gasteiger partial charge < -0.3 is 50.6 Å². The Balaban J connectivity index is 1.43. The van der Waals surface area contributed by atoms with E-state index < -0.39 is 77.3 Å². The predicted octanol–water partition coefficient (Wildman–Crippen LogP) is 6.07. The second kappa shape index (κ2) is 21.4. The summed E-state index contributed by atoms with van der Waals surface area (Å²) >= 11 is 6.12. The molecule has 6 N–H and O–H groups in total. The topological polar surface area (TPSA) is 220 Å².